The van der Waals surface area contributed by atoms with Crippen molar-refractivity contribution in [2.45, 2.75) is 17.4 Å². The zero-order valence-electron chi connectivity index (χ0n) is 10.7. The van der Waals surface area contributed by atoms with E-state index in [0.717, 1.165) is 11.3 Å². The second-order valence-corrected chi connectivity index (χ2v) is 11.8. The highest BCUT2D eigenvalue weighted by Crippen LogP contribution is 2.65. The van der Waals surface area contributed by atoms with Gasteiger partial charge in [0, 0.05) is 5.69 Å². The number of aryl methyl sites for hydroxylation is 2. The van der Waals surface area contributed by atoms with E-state index in [-0.39, 0.29) is 0 Å². The van der Waals surface area contributed by atoms with Crippen molar-refractivity contribution in [1.29, 1.82) is 0 Å². The van der Waals surface area contributed by atoms with Crippen molar-refractivity contribution >= 4 is 58.6 Å². The molecule has 0 aromatic heterocycles. The molecule has 0 saturated carbocycles. The molecule has 1 aromatic carbocycles. The lowest BCUT2D eigenvalue weighted by atomic mass is 10.1. The molecule has 0 spiro atoms. The Balaban J connectivity index is 3.17. The van der Waals surface area contributed by atoms with E-state index >= 15 is 0 Å². The van der Waals surface area contributed by atoms with Gasteiger partial charge in [0.05, 0.1) is 0 Å². The lowest BCUT2D eigenvalue weighted by Gasteiger charge is -2.36. The average Bonchev–Trinajstić information content (AvgIpc) is 2.20. The number of nitrogens with one attached hydrogen (secondary N) is 1. The van der Waals surface area contributed by atoms with E-state index in [0.29, 0.717) is 0 Å². The molecule has 1 aromatic rings. The van der Waals surface area contributed by atoms with Crippen LogP contribution in [0.25, 0.3) is 0 Å². The Kier molecular flexibility index (Phi) is 5.39. The minimum absolute atomic E-state index is 0.906. The maximum atomic E-state index is 6.04. The highest BCUT2D eigenvalue weighted by Gasteiger charge is 2.42. The highest BCUT2D eigenvalue weighted by molar-refractivity contribution is 8.16. The number of hydrogen-bond acceptors (Lipinski definition) is 1. The first-order valence-electron chi connectivity index (χ1n) is 5.28. The first-order chi connectivity index (χ1) is 8.08. The number of rotatable bonds is 3. The molecule has 0 bridgehead atoms. The summed E-state index contributed by atoms with van der Waals surface area (Å²) in [5.41, 5.74) is 3.18. The van der Waals surface area contributed by atoms with Crippen molar-refractivity contribution in [3.8, 4) is 0 Å². The fourth-order valence-corrected chi connectivity index (χ4v) is 4.89. The predicted octanol–water partition coefficient (Wildman–Crippen LogP) is 4.91. The van der Waals surface area contributed by atoms with Crippen LogP contribution in [0.4, 0.5) is 5.69 Å². The third kappa shape index (κ3) is 3.53. The second kappa shape index (κ2) is 5.87. The van der Waals surface area contributed by atoms with E-state index in [1.807, 2.05) is 40.1 Å². The van der Waals surface area contributed by atoms with Crippen LogP contribution in [-0.4, -0.2) is 22.3 Å². The second-order valence-electron chi connectivity index (χ2n) is 4.32. The molecular weight excluding hydrogens is 330 g/mol. The molecule has 102 valence electrons. The molecule has 0 amide bonds. The van der Waals surface area contributed by atoms with E-state index in [1.54, 1.807) is 4.67 Å². The number of hydrogen-bond donors (Lipinski definition) is 1. The summed E-state index contributed by atoms with van der Waals surface area (Å²) in [4.78, 5) is 0. The van der Waals surface area contributed by atoms with Crippen molar-refractivity contribution in [2.24, 2.45) is 0 Å². The molecule has 0 saturated heterocycles. The van der Waals surface area contributed by atoms with E-state index in [2.05, 4.69) is 11.2 Å². The summed E-state index contributed by atoms with van der Waals surface area (Å²) in [6.07, 6.45) is -2.53. The summed E-state index contributed by atoms with van der Waals surface area (Å²) in [6.45, 7) is 4.04. The van der Waals surface area contributed by atoms with E-state index < -0.39 is 9.87 Å². The summed E-state index contributed by atoms with van der Waals surface area (Å²) < 4.78 is 0.262. The molecule has 1 N–H and O–H groups in total. The summed E-state index contributed by atoms with van der Waals surface area (Å²) in [6, 6.07) is 6.03. The first-order valence-corrected chi connectivity index (χ1v) is 9.17. The van der Waals surface area contributed by atoms with Crippen LogP contribution < -0.4 is 5.09 Å². The fourth-order valence-electron chi connectivity index (χ4n) is 1.49. The molecule has 1 rings (SSSR count). The Bertz CT molecular complexity index is 486. The van der Waals surface area contributed by atoms with Crippen molar-refractivity contribution in [3.63, 3.8) is 0 Å². The van der Waals surface area contributed by atoms with Gasteiger partial charge in [-0.2, -0.15) is 0 Å². The third-order valence-corrected chi connectivity index (χ3v) is 10.1. The molecule has 18 heavy (non-hydrogen) atoms. The van der Waals surface area contributed by atoms with Gasteiger partial charge in [-0.3, -0.25) is 4.67 Å². The summed E-state index contributed by atoms with van der Waals surface area (Å²) in [5, 5.41) is 3.25. The minimum Gasteiger partial charge on any atom is -0.343 e. The molecule has 0 aliphatic carbocycles. The molecule has 7 heteroatoms. The SMILES string of the molecule is Cc1ccc(NP(=S)(N(C)C)C(Cl)(Cl)Cl)c(C)c1. The Hall–Kier alpha value is 0.500. The van der Waals surface area contributed by atoms with Crippen LogP contribution in [0.2, 0.25) is 0 Å². The number of nitrogens with zero attached hydrogens (tertiary/aromatic N) is 1. The number of alkyl halides is 3. The number of benzene rings is 1. The van der Waals surface area contributed by atoms with Crippen LogP contribution in [-0.2, 0) is 11.8 Å². The summed E-state index contributed by atoms with van der Waals surface area (Å²) in [5.74, 6) is 0. The third-order valence-electron chi connectivity index (χ3n) is 2.56. The van der Waals surface area contributed by atoms with Gasteiger partial charge in [0.15, 0.2) is 0 Å². The average molecular weight is 346 g/mol. The van der Waals surface area contributed by atoms with Gasteiger partial charge in [-0.1, -0.05) is 64.3 Å². The first kappa shape index (κ1) is 16.6. The van der Waals surface area contributed by atoms with Crippen molar-refractivity contribution < 1.29 is 0 Å². The maximum absolute atomic E-state index is 6.04. The topological polar surface area (TPSA) is 15.3 Å². The summed E-state index contributed by atoms with van der Waals surface area (Å²) >= 11 is 23.7. The minimum atomic E-state index is -2.53. The monoisotopic (exact) mass is 344 g/mol. The van der Waals surface area contributed by atoms with Crippen molar-refractivity contribution in [2.75, 3.05) is 19.2 Å². The molecule has 0 heterocycles. The van der Waals surface area contributed by atoms with Crippen LogP contribution in [0, 0.1) is 13.8 Å². The normalized spacial score (nSPS) is 15.6. The zero-order chi connectivity index (χ0) is 14.1. The summed E-state index contributed by atoms with van der Waals surface area (Å²) in [7, 11) is 3.64. The molecule has 2 nitrogen and oxygen atoms in total. The van der Waals surface area contributed by atoms with E-state index in [1.165, 1.54) is 5.56 Å². The fraction of sp³-hybridized carbons (Fsp3) is 0.455. The van der Waals surface area contributed by atoms with Gasteiger partial charge in [0.2, 0.25) is 3.53 Å². The maximum Gasteiger partial charge on any atom is 0.248 e. The van der Waals surface area contributed by atoms with Crippen LogP contribution in [0.15, 0.2) is 18.2 Å². The predicted molar refractivity (Wildman–Crippen MR) is 87.8 cm³/mol. The molecule has 0 aliphatic rings. The van der Waals surface area contributed by atoms with Crippen LogP contribution in [0.3, 0.4) is 0 Å². The quantitative estimate of drug-likeness (QED) is 0.618. The Morgan fingerprint density at radius 3 is 2.17 bits per heavy atom. The molecule has 1 unspecified atom stereocenters. The largest absolute Gasteiger partial charge is 0.343 e. The van der Waals surface area contributed by atoms with Crippen molar-refractivity contribution in [1.82, 2.24) is 4.67 Å². The van der Waals surface area contributed by atoms with Crippen molar-refractivity contribution in [3.05, 3.63) is 29.3 Å². The molecular formula is C11H16Cl3N2PS. The number of anilines is 1. The van der Waals surface area contributed by atoms with Gasteiger partial charge in [0.1, 0.15) is 6.34 Å². The lowest BCUT2D eigenvalue weighted by Crippen LogP contribution is -2.24. The highest BCUT2D eigenvalue weighted by atomic mass is 35.6. The standard InChI is InChI=1S/C11H16Cl3N2PS/c1-8-5-6-10(9(2)7-8)15-17(18,16(3)4)11(12,13)14/h5-7H,1-4H3,(H,15,18). The van der Waals surface area contributed by atoms with Crippen LogP contribution in [0.1, 0.15) is 11.1 Å². The van der Waals surface area contributed by atoms with E-state index in [4.69, 9.17) is 46.6 Å². The Morgan fingerprint density at radius 2 is 1.78 bits per heavy atom. The van der Waals surface area contributed by atoms with E-state index in [9.17, 15) is 0 Å². The lowest BCUT2D eigenvalue weighted by molar-refractivity contribution is 0.676. The van der Waals surface area contributed by atoms with Crippen LogP contribution >= 0.6 is 41.1 Å². The van der Waals surface area contributed by atoms with Gasteiger partial charge in [-0.15, -0.1) is 0 Å². The van der Waals surface area contributed by atoms with Gasteiger partial charge >= 0.3 is 0 Å². The molecule has 0 fully saturated rings. The Morgan fingerprint density at radius 1 is 1.22 bits per heavy atom. The number of halogens is 3. The smallest absolute Gasteiger partial charge is 0.248 e. The zero-order valence-corrected chi connectivity index (χ0v) is 14.6. The molecule has 0 aliphatic heterocycles. The van der Waals surface area contributed by atoms with Gasteiger partial charge < -0.3 is 5.09 Å². The molecule has 0 radical (unpaired) electrons. The van der Waals surface area contributed by atoms with Gasteiger partial charge in [-0.05, 0) is 39.6 Å². The van der Waals surface area contributed by atoms with Gasteiger partial charge in [0.25, 0.3) is 0 Å². The van der Waals surface area contributed by atoms with Crippen LogP contribution in [0.5, 0.6) is 0 Å². The van der Waals surface area contributed by atoms with Gasteiger partial charge in [-0.25, -0.2) is 0 Å². The Labute approximate surface area is 129 Å². The molecule has 1 atom stereocenters.